The minimum Gasteiger partial charge on any atom is -0.379 e. The van der Waals surface area contributed by atoms with Gasteiger partial charge >= 0.3 is 0 Å². The van der Waals surface area contributed by atoms with Crippen LogP contribution in [-0.4, -0.2) is 23.8 Å². The van der Waals surface area contributed by atoms with E-state index in [9.17, 15) is 13.6 Å². The molecule has 27 heavy (non-hydrogen) atoms. The van der Waals surface area contributed by atoms with Crippen LogP contribution in [0.3, 0.4) is 0 Å². The Balaban J connectivity index is 1.67. The number of rotatable bonds is 5. The van der Waals surface area contributed by atoms with Gasteiger partial charge in [-0.2, -0.15) is 0 Å². The first-order chi connectivity index (χ1) is 12.7. The number of carbonyl (C=O) groups excluding carboxylic acids is 1. The quantitative estimate of drug-likeness (QED) is 0.864. The fourth-order valence-electron chi connectivity index (χ4n) is 3.09. The van der Waals surface area contributed by atoms with Gasteiger partial charge in [0.15, 0.2) is 0 Å². The molecule has 0 radical (unpaired) electrons. The number of hydrogen-bond donors (Lipinski definition) is 1. The molecule has 1 amide bonds. The average molecular weight is 372 g/mol. The van der Waals surface area contributed by atoms with Crippen LogP contribution in [0.2, 0.25) is 0 Å². The van der Waals surface area contributed by atoms with Crippen molar-refractivity contribution >= 4 is 11.6 Å². The molecule has 2 aromatic carbocycles. The second-order valence-electron chi connectivity index (χ2n) is 7.56. The van der Waals surface area contributed by atoms with Gasteiger partial charge in [-0.05, 0) is 24.6 Å². The van der Waals surface area contributed by atoms with Gasteiger partial charge in [-0.1, -0.05) is 55.4 Å². The summed E-state index contributed by atoms with van der Waals surface area (Å²) in [4.78, 5) is 18.0. The highest BCUT2D eigenvalue weighted by Gasteiger charge is 2.43. The van der Waals surface area contributed by atoms with E-state index >= 15 is 0 Å². The summed E-state index contributed by atoms with van der Waals surface area (Å²) in [6.07, 6.45) is 0.153. The molecule has 4 nitrogen and oxygen atoms in total. The van der Waals surface area contributed by atoms with E-state index in [4.69, 9.17) is 4.84 Å². The Hall–Kier alpha value is -2.76. The van der Waals surface area contributed by atoms with Crippen LogP contribution < -0.4 is 5.32 Å². The van der Waals surface area contributed by atoms with E-state index in [0.717, 1.165) is 0 Å². The van der Waals surface area contributed by atoms with Crippen molar-refractivity contribution in [2.75, 3.05) is 6.54 Å². The number of halogens is 2. The summed E-state index contributed by atoms with van der Waals surface area (Å²) in [7, 11) is 0. The summed E-state index contributed by atoms with van der Waals surface area (Å²) in [6.45, 7) is 5.53. The molecule has 6 heteroatoms. The molecular weight excluding hydrogens is 350 g/mol. The van der Waals surface area contributed by atoms with E-state index in [1.165, 1.54) is 12.1 Å². The third-order valence-corrected chi connectivity index (χ3v) is 4.82. The molecule has 0 spiro atoms. The Morgan fingerprint density at radius 1 is 1.15 bits per heavy atom. The van der Waals surface area contributed by atoms with Crippen molar-refractivity contribution < 1.29 is 18.4 Å². The summed E-state index contributed by atoms with van der Waals surface area (Å²) in [5, 5.41) is 6.73. The molecule has 3 rings (SSSR count). The fraction of sp³-hybridized carbons (Fsp3) is 0.333. The summed E-state index contributed by atoms with van der Waals surface area (Å²) >= 11 is 0. The predicted molar refractivity (Wildman–Crippen MR) is 99.5 cm³/mol. The van der Waals surface area contributed by atoms with E-state index in [2.05, 4.69) is 10.5 Å². The number of benzene rings is 2. The summed E-state index contributed by atoms with van der Waals surface area (Å²) in [5.41, 5.74) is -0.611. The minimum absolute atomic E-state index is 0.153. The average Bonchev–Trinajstić information content (AvgIpc) is 3.04. The molecule has 0 fully saturated rings. The highest BCUT2D eigenvalue weighted by Crippen LogP contribution is 2.29. The highest BCUT2D eigenvalue weighted by molar-refractivity contribution is 6.05. The van der Waals surface area contributed by atoms with Crippen molar-refractivity contribution in [1.82, 2.24) is 5.32 Å². The van der Waals surface area contributed by atoms with Gasteiger partial charge in [0, 0.05) is 23.9 Å². The number of oxime groups is 1. The molecule has 0 aliphatic carbocycles. The Morgan fingerprint density at radius 3 is 2.44 bits per heavy atom. The molecule has 142 valence electrons. The molecule has 1 aliphatic heterocycles. The number of nitrogens with one attached hydrogen (secondary N) is 1. The maximum Gasteiger partial charge on any atom is 0.267 e. The first-order valence-electron chi connectivity index (χ1n) is 8.76. The molecule has 0 bridgehead atoms. The number of nitrogens with zero attached hydrogens (tertiary/aromatic N) is 1. The van der Waals surface area contributed by atoms with Gasteiger partial charge < -0.3 is 10.2 Å². The van der Waals surface area contributed by atoms with E-state index in [1.54, 1.807) is 43.3 Å². The highest BCUT2D eigenvalue weighted by atomic mass is 19.1. The van der Waals surface area contributed by atoms with E-state index < -0.39 is 16.8 Å². The minimum atomic E-state index is -1.23. The van der Waals surface area contributed by atoms with Crippen molar-refractivity contribution in [3.8, 4) is 0 Å². The zero-order valence-electron chi connectivity index (χ0n) is 15.6. The molecule has 1 atom stereocenters. The van der Waals surface area contributed by atoms with Gasteiger partial charge in [0.2, 0.25) is 5.60 Å². The Kier molecular flexibility index (Phi) is 5.00. The lowest BCUT2D eigenvalue weighted by Gasteiger charge is -2.28. The lowest BCUT2D eigenvalue weighted by molar-refractivity contribution is -0.141. The number of carbonyl (C=O) groups is 1. The monoisotopic (exact) mass is 372 g/mol. The fourth-order valence-corrected chi connectivity index (χ4v) is 3.09. The van der Waals surface area contributed by atoms with Crippen molar-refractivity contribution in [2.45, 2.75) is 38.2 Å². The largest absolute Gasteiger partial charge is 0.379 e. The van der Waals surface area contributed by atoms with E-state index in [-0.39, 0.29) is 24.7 Å². The molecular formula is C21H22F2N2O2. The van der Waals surface area contributed by atoms with Gasteiger partial charge in [-0.25, -0.2) is 8.78 Å². The van der Waals surface area contributed by atoms with Crippen LogP contribution in [-0.2, 0) is 15.0 Å². The topological polar surface area (TPSA) is 50.7 Å². The third-order valence-electron chi connectivity index (χ3n) is 4.82. The second kappa shape index (κ2) is 7.10. The lowest BCUT2D eigenvalue weighted by Crippen LogP contribution is -2.48. The van der Waals surface area contributed by atoms with Gasteiger partial charge in [0.1, 0.15) is 11.6 Å². The molecule has 0 unspecified atom stereocenters. The normalized spacial score (nSPS) is 19.4. The summed E-state index contributed by atoms with van der Waals surface area (Å²) in [6, 6.07) is 12.7. The smallest absolute Gasteiger partial charge is 0.267 e. The van der Waals surface area contributed by atoms with Crippen molar-refractivity contribution in [3.63, 3.8) is 0 Å². The summed E-state index contributed by atoms with van der Waals surface area (Å²) < 4.78 is 28.0. The zero-order valence-corrected chi connectivity index (χ0v) is 15.6. The molecule has 0 saturated carbocycles. The molecule has 0 aromatic heterocycles. The van der Waals surface area contributed by atoms with Gasteiger partial charge in [0.05, 0.1) is 5.71 Å². The second-order valence-corrected chi connectivity index (χ2v) is 7.56. The molecule has 1 aliphatic rings. The summed E-state index contributed by atoms with van der Waals surface area (Å²) in [5.74, 6) is -1.10. The maximum atomic E-state index is 14.1. The van der Waals surface area contributed by atoms with E-state index in [0.29, 0.717) is 16.8 Å². The van der Waals surface area contributed by atoms with Gasteiger partial charge in [-0.3, -0.25) is 4.79 Å². The Bertz CT molecular complexity index is 895. The van der Waals surface area contributed by atoms with Crippen LogP contribution in [0, 0.1) is 11.6 Å². The van der Waals surface area contributed by atoms with E-state index in [1.807, 2.05) is 13.8 Å². The van der Waals surface area contributed by atoms with Crippen molar-refractivity contribution in [3.05, 3.63) is 71.3 Å². The van der Waals surface area contributed by atoms with Gasteiger partial charge in [-0.15, -0.1) is 0 Å². The Labute approximate surface area is 157 Å². The van der Waals surface area contributed by atoms with Crippen LogP contribution in [0.15, 0.2) is 53.7 Å². The van der Waals surface area contributed by atoms with Gasteiger partial charge in [0.25, 0.3) is 5.91 Å². The molecule has 1 heterocycles. The standard InChI is InChI=1S/C21H22F2N2O2/c1-20(2,15-9-5-7-11-17(15)23)13-24-19(26)21(3)12-18(25-27-21)14-8-4-6-10-16(14)22/h4-11H,12-13H2,1-3H3,(H,24,26)/t21-/m0/s1. The molecule has 2 aromatic rings. The van der Waals surface area contributed by atoms with Crippen molar-refractivity contribution in [2.24, 2.45) is 5.16 Å². The maximum absolute atomic E-state index is 14.1. The SMILES string of the molecule is CC(C)(CNC(=O)[C@]1(C)CC(c2ccccc2F)=NO1)c1ccccc1F. The first kappa shape index (κ1) is 19.0. The van der Waals surface area contributed by atoms with Crippen molar-refractivity contribution in [1.29, 1.82) is 0 Å². The van der Waals surface area contributed by atoms with Crippen LogP contribution in [0.4, 0.5) is 8.78 Å². The number of hydrogen-bond acceptors (Lipinski definition) is 3. The van der Waals surface area contributed by atoms with Crippen LogP contribution in [0.1, 0.15) is 38.3 Å². The first-order valence-corrected chi connectivity index (χ1v) is 8.76. The lowest BCUT2D eigenvalue weighted by atomic mass is 9.84. The molecule has 0 saturated heterocycles. The van der Waals surface area contributed by atoms with Crippen LogP contribution in [0.25, 0.3) is 0 Å². The van der Waals surface area contributed by atoms with Crippen LogP contribution in [0.5, 0.6) is 0 Å². The number of amides is 1. The zero-order chi connectivity index (χ0) is 19.7. The van der Waals surface area contributed by atoms with Crippen LogP contribution >= 0.6 is 0 Å². The third kappa shape index (κ3) is 3.84. The molecule has 1 N–H and O–H groups in total. The Morgan fingerprint density at radius 2 is 1.78 bits per heavy atom. The predicted octanol–water partition coefficient (Wildman–Crippen LogP) is 3.94.